The Hall–Kier alpha value is -2.01. The highest BCUT2D eigenvalue weighted by Gasteiger charge is 2.41. The number of sulfonamides is 1. The van der Waals surface area contributed by atoms with E-state index in [1.807, 2.05) is 0 Å². The van der Waals surface area contributed by atoms with Crippen molar-refractivity contribution in [3.05, 3.63) is 41.3 Å². The van der Waals surface area contributed by atoms with Crippen LogP contribution in [0.2, 0.25) is 0 Å². The largest absolute Gasteiger partial charge is 0.471 e. The van der Waals surface area contributed by atoms with Crippen molar-refractivity contribution in [2.45, 2.75) is 30.3 Å². The third-order valence-electron chi connectivity index (χ3n) is 3.96. The van der Waals surface area contributed by atoms with Crippen LogP contribution in [0, 0.1) is 12.7 Å². The molecule has 0 radical (unpaired) electrons. The van der Waals surface area contributed by atoms with Crippen LogP contribution >= 0.6 is 0 Å². The quantitative estimate of drug-likeness (QED) is 0.767. The molecule has 2 heterocycles. The number of hydrogen-bond acceptors (Lipinski definition) is 5. The van der Waals surface area contributed by atoms with Gasteiger partial charge in [-0.25, -0.2) is 12.8 Å². The average molecular weight is 379 g/mol. The van der Waals surface area contributed by atoms with Gasteiger partial charge in [0.15, 0.2) is 5.82 Å². The topological polar surface area (TPSA) is 76.3 Å². The van der Waals surface area contributed by atoms with E-state index in [2.05, 4.69) is 14.7 Å². The van der Waals surface area contributed by atoms with Crippen molar-refractivity contribution in [1.29, 1.82) is 0 Å². The molecular weight excluding hydrogens is 366 g/mol. The Morgan fingerprint density at radius 1 is 1.32 bits per heavy atom. The number of nitrogens with zero attached hydrogens (tertiary/aromatic N) is 3. The minimum absolute atomic E-state index is 0.0429. The molecule has 0 amide bonds. The number of benzene rings is 1. The molecule has 2 aromatic rings. The van der Waals surface area contributed by atoms with Gasteiger partial charge in [-0.15, -0.1) is 0 Å². The molecule has 6 nitrogen and oxygen atoms in total. The van der Waals surface area contributed by atoms with Gasteiger partial charge in [-0.1, -0.05) is 5.16 Å². The summed E-state index contributed by atoms with van der Waals surface area (Å²) in [4.78, 5) is 3.27. The van der Waals surface area contributed by atoms with E-state index >= 15 is 0 Å². The van der Waals surface area contributed by atoms with Gasteiger partial charge in [0.05, 0.1) is 4.90 Å². The maximum atomic E-state index is 13.2. The van der Waals surface area contributed by atoms with E-state index in [-0.39, 0.29) is 35.8 Å². The van der Waals surface area contributed by atoms with Crippen molar-refractivity contribution < 1.29 is 30.5 Å². The van der Waals surface area contributed by atoms with Crippen molar-refractivity contribution in [2.75, 3.05) is 13.1 Å². The summed E-state index contributed by atoms with van der Waals surface area (Å²) in [5, 5.41) is 3.31. The van der Waals surface area contributed by atoms with Gasteiger partial charge >= 0.3 is 12.1 Å². The summed E-state index contributed by atoms with van der Waals surface area (Å²) in [5.74, 6) is -2.79. The Morgan fingerprint density at radius 3 is 2.64 bits per heavy atom. The van der Waals surface area contributed by atoms with Crippen molar-refractivity contribution in [2.24, 2.45) is 0 Å². The molecule has 1 aromatic heterocycles. The van der Waals surface area contributed by atoms with Gasteiger partial charge < -0.3 is 4.52 Å². The molecule has 0 spiro atoms. The highest BCUT2D eigenvalue weighted by Crippen LogP contribution is 2.33. The second kappa shape index (κ2) is 6.06. The Balaban J connectivity index is 1.81. The van der Waals surface area contributed by atoms with Crippen LogP contribution in [-0.4, -0.2) is 36.0 Å². The Kier molecular flexibility index (Phi) is 4.31. The minimum Gasteiger partial charge on any atom is -0.329 e. The lowest BCUT2D eigenvalue weighted by Crippen LogP contribution is -2.29. The molecule has 0 bridgehead atoms. The standard InChI is InChI=1S/C14H13F4N3O3S/c1-8-6-10(15)2-3-11(8)25(22,23)21-5-4-9(7-21)12-19-13(24-20-12)14(16,17)18/h2-3,6,9H,4-5,7H2,1H3. The zero-order valence-corrected chi connectivity index (χ0v) is 13.7. The first kappa shape index (κ1) is 17.8. The molecule has 0 N–H and O–H groups in total. The lowest BCUT2D eigenvalue weighted by molar-refractivity contribution is -0.159. The van der Waals surface area contributed by atoms with E-state index in [1.165, 1.54) is 13.0 Å². The number of hydrogen-bond donors (Lipinski definition) is 0. The monoisotopic (exact) mass is 379 g/mol. The van der Waals surface area contributed by atoms with Crippen LogP contribution in [0.25, 0.3) is 0 Å². The Morgan fingerprint density at radius 2 is 2.04 bits per heavy atom. The molecule has 1 aliphatic rings. The summed E-state index contributed by atoms with van der Waals surface area (Å²) in [7, 11) is -3.89. The van der Waals surface area contributed by atoms with E-state index in [0.717, 1.165) is 16.4 Å². The molecule has 11 heteroatoms. The summed E-state index contributed by atoms with van der Waals surface area (Å²) in [6.45, 7) is 1.49. The van der Waals surface area contributed by atoms with Crippen molar-refractivity contribution in [1.82, 2.24) is 14.4 Å². The molecule has 1 fully saturated rings. The maximum absolute atomic E-state index is 13.2. The maximum Gasteiger partial charge on any atom is 0.471 e. The van der Waals surface area contributed by atoms with Crippen LogP contribution in [0.3, 0.4) is 0 Å². The lowest BCUT2D eigenvalue weighted by atomic mass is 10.1. The highest BCUT2D eigenvalue weighted by molar-refractivity contribution is 7.89. The van der Waals surface area contributed by atoms with Gasteiger partial charge in [0.1, 0.15) is 5.82 Å². The minimum atomic E-state index is -4.75. The molecule has 25 heavy (non-hydrogen) atoms. The van der Waals surface area contributed by atoms with Crippen LogP contribution in [0.15, 0.2) is 27.6 Å². The summed E-state index contributed by atoms with van der Waals surface area (Å²) in [5.41, 5.74) is 0.252. The first-order valence-electron chi connectivity index (χ1n) is 7.26. The fourth-order valence-corrected chi connectivity index (χ4v) is 4.42. The van der Waals surface area contributed by atoms with Crippen molar-refractivity contribution >= 4 is 10.0 Å². The highest BCUT2D eigenvalue weighted by atomic mass is 32.2. The normalized spacial score (nSPS) is 19.5. The number of aryl methyl sites for hydroxylation is 1. The predicted molar refractivity (Wildman–Crippen MR) is 76.6 cm³/mol. The molecule has 1 saturated heterocycles. The van der Waals surface area contributed by atoms with Gasteiger partial charge in [-0.05, 0) is 37.1 Å². The molecule has 3 rings (SSSR count). The zero-order valence-electron chi connectivity index (χ0n) is 12.9. The molecule has 136 valence electrons. The number of halogens is 4. The van der Waals surface area contributed by atoms with E-state index < -0.39 is 33.8 Å². The van der Waals surface area contributed by atoms with E-state index in [0.29, 0.717) is 0 Å². The van der Waals surface area contributed by atoms with Gasteiger partial charge in [0, 0.05) is 19.0 Å². The van der Waals surface area contributed by atoms with E-state index in [4.69, 9.17) is 0 Å². The van der Waals surface area contributed by atoms with Crippen molar-refractivity contribution in [3.8, 4) is 0 Å². The number of alkyl halides is 3. The zero-order chi connectivity index (χ0) is 18.4. The van der Waals surface area contributed by atoms with Crippen LogP contribution in [0.1, 0.15) is 29.6 Å². The fourth-order valence-electron chi connectivity index (χ4n) is 2.71. The second-order valence-electron chi connectivity index (χ2n) is 5.71. The number of rotatable bonds is 3. The first-order chi connectivity index (χ1) is 11.6. The molecule has 0 aliphatic carbocycles. The van der Waals surface area contributed by atoms with Crippen molar-refractivity contribution in [3.63, 3.8) is 0 Å². The van der Waals surface area contributed by atoms with Crippen LogP contribution in [-0.2, 0) is 16.2 Å². The predicted octanol–water partition coefficient (Wildman–Crippen LogP) is 2.71. The summed E-state index contributed by atoms with van der Waals surface area (Å²) < 4.78 is 81.4. The van der Waals surface area contributed by atoms with Crippen LogP contribution in [0.5, 0.6) is 0 Å². The molecule has 1 atom stereocenters. The smallest absolute Gasteiger partial charge is 0.329 e. The third-order valence-corrected chi connectivity index (χ3v) is 5.98. The van der Waals surface area contributed by atoms with Gasteiger partial charge in [-0.3, -0.25) is 0 Å². The summed E-state index contributed by atoms with van der Waals surface area (Å²) in [6, 6.07) is 3.32. The average Bonchev–Trinajstić information content (AvgIpc) is 3.15. The van der Waals surface area contributed by atoms with Gasteiger partial charge in [0.25, 0.3) is 0 Å². The van der Waals surface area contributed by atoms with Gasteiger partial charge in [0.2, 0.25) is 10.0 Å². The first-order valence-corrected chi connectivity index (χ1v) is 8.70. The Bertz CT molecular complexity index is 895. The fraction of sp³-hybridized carbons (Fsp3) is 0.429. The van der Waals surface area contributed by atoms with E-state index in [9.17, 15) is 26.0 Å². The van der Waals surface area contributed by atoms with Gasteiger partial charge in [-0.2, -0.15) is 22.5 Å². The molecular formula is C14H13F4N3O3S. The summed E-state index contributed by atoms with van der Waals surface area (Å²) in [6.07, 6.45) is -4.49. The van der Waals surface area contributed by atoms with E-state index in [1.54, 1.807) is 0 Å². The SMILES string of the molecule is Cc1cc(F)ccc1S(=O)(=O)N1CCC(c2noc(C(F)(F)F)n2)C1. The molecule has 1 unspecified atom stereocenters. The van der Waals surface area contributed by atoms with Crippen LogP contribution < -0.4 is 0 Å². The number of aromatic nitrogens is 2. The molecule has 0 saturated carbocycles. The molecule has 1 aromatic carbocycles. The third kappa shape index (κ3) is 3.38. The summed E-state index contributed by atoms with van der Waals surface area (Å²) >= 11 is 0. The van der Waals surface area contributed by atoms with Crippen LogP contribution in [0.4, 0.5) is 17.6 Å². The lowest BCUT2D eigenvalue weighted by Gasteiger charge is -2.17. The second-order valence-corrected chi connectivity index (χ2v) is 7.62. The molecule has 1 aliphatic heterocycles. The Labute approximate surface area is 140 Å².